The molecule has 150 valence electrons. The van der Waals surface area contributed by atoms with Gasteiger partial charge in [-0.2, -0.15) is 5.10 Å². The van der Waals surface area contributed by atoms with Crippen LogP contribution in [0, 0.1) is 0 Å². The Morgan fingerprint density at radius 2 is 2.14 bits per heavy atom. The molecule has 0 unspecified atom stereocenters. The molecule has 1 amide bonds. The quantitative estimate of drug-likeness (QED) is 0.309. The highest BCUT2D eigenvalue weighted by Gasteiger charge is 2.13. The Morgan fingerprint density at radius 3 is 2.90 bits per heavy atom. The number of aromatic hydroxyl groups is 1. The zero-order valence-corrected chi connectivity index (χ0v) is 18.1. The fourth-order valence-electron chi connectivity index (χ4n) is 2.46. The van der Waals surface area contributed by atoms with Gasteiger partial charge >= 0.3 is 0 Å². The first kappa shape index (κ1) is 20.9. The maximum atomic E-state index is 12.1. The number of benzene rings is 2. The minimum Gasteiger partial charge on any atom is -0.504 e. The smallest absolute Gasteiger partial charge is 0.250 e. The average molecular weight is 476 g/mol. The summed E-state index contributed by atoms with van der Waals surface area (Å²) in [6.07, 6.45) is 1.36. The van der Waals surface area contributed by atoms with Crippen molar-refractivity contribution in [3.63, 3.8) is 0 Å². The maximum Gasteiger partial charge on any atom is 0.250 e. The van der Waals surface area contributed by atoms with Gasteiger partial charge in [-0.3, -0.25) is 4.79 Å². The van der Waals surface area contributed by atoms with Crippen LogP contribution in [0.4, 0.5) is 0 Å². The first-order valence-corrected chi connectivity index (χ1v) is 10.2. The van der Waals surface area contributed by atoms with Crippen molar-refractivity contribution in [1.29, 1.82) is 0 Å². The molecule has 0 saturated carbocycles. The third kappa shape index (κ3) is 5.15. The minimum absolute atomic E-state index is 0.0402. The van der Waals surface area contributed by atoms with Gasteiger partial charge in [0, 0.05) is 22.6 Å². The molecule has 0 aliphatic carbocycles. The lowest BCUT2D eigenvalue weighted by atomic mass is 10.2. The summed E-state index contributed by atoms with van der Waals surface area (Å²) in [7, 11) is 3.31. The summed E-state index contributed by atoms with van der Waals surface area (Å²) in [4.78, 5) is 12.1. The molecule has 29 heavy (non-hydrogen) atoms. The molecule has 8 nitrogen and oxygen atoms in total. The van der Waals surface area contributed by atoms with Crippen molar-refractivity contribution in [2.24, 2.45) is 12.1 Å². The highest BCUT2D eigenvalue weighted by atomic mass is 79.9. The molecule has 10 heteroatoms. The fourth-order valence-corrected chi connectivity index (χ4v) is 3.57. The van der Waals surface area contributed by atoms with E-state index < -0.39 is 0 Å². The van der Waals surface area contributed by atoms with Crippen LogP contribution in [0.2, 0.25) is 0 Å². The number of hydrazone groups is 1. The van der Waals surface area contributed by atoms with Crippen LogP contribution in [0.25, 0.3) is 11.4 Å². The summed E-state index contributed by atoms with van der Waals surface area (Å²) in [6, 6.07) is 12.8. The first-order valence-electron chi connectivity index (χ1n) is 8.45. The number of carbonyl (C=O) groups excluding carboxylic acids is 1. The van der Waals surface area contributed by atoms with Crippen LogP contribution in [0.15, 0.2) is 57.2 Å². The van der Waals surface area contributed by atoms with Gasteiger partial charge in [-0.25, -0.2) is 5.43 Å². The number of nitrogens with zero attached hydrogens (tertiary/aromatic N) is 4. The van der Waals surface area contributed by atoms with E-state index >= 15 is 0 Å². The Morgan fingerprint density at radius 1 is 1.34 bits per heavy atom. The molecule has 0 bridgehead atoms. The Hall–Kier alpha value is -2.85. The number of thioether (sulfide) groups is 1. The summed E-state index contributed by atoms with van der Waals surface area (Å²) in [5.41, 5.74) is 3.78. The molecule has 0 radical (unpaired) electrons. The van der Waals surface area contributed by atoms with E-state index in [1.807, 2.05) is 35.9 Å². The molecule has 3 aromatic rings. The topological polar surface area (TPSA) is 102 Å². The average Bonchev–Trinajstić information content (AvgIpc) is 3.08. The number of ether oxygens (including phenoxy) is 1. The molecule has 2 N–H and O–H groups in total. The number of para-hydroxylation sites is 1. The summed E-state index contributed by atoms with van der Waals surface area (Å²) in [5.74, 6) is 0.814. The molecule has 1 heterocycles. The van der Waals surface area contributed by atoms with Crippen LogP contribution in [-0.2, 0) is 11.8 Å². The van der Waals surface area contributed by atoms with Gasteiger partial charge in [-0.05, 0) is 24.3 Å². The van der Waals surface area contributed by atoms with E-state index in [0.29, 0.717) is 22.3 Å². The lowest BCUT2D eigenvalue weighted by Gasteiger charge is -2.05. The van der Waals surface area contributed by atoms with Gasteiger partial charge in [0.25, 0.3) is 5.91 Å². The predicted octanol–water partition coefficient (Wildman–Crippen LogP) is 3.20. The molecule has 3 rings (SSSR count). The van der Waals surface area contributed by atoms with E-state index in [1.165, 1.54) is 25.1 Å². The Balaban J connectivity index is 1.58. The van der Waals surface area contributed by atoms with E-state index in [9.17, 15) is 9.90 Å². The van der Waals surface area contributed by atoms with Crippen molar-refractivity contribution in [2.75, 3.05) is 12.9 Å². The molecular formula is C19H18BrN5O3S. The molecule has 0 spiro atoms. The van der Waals surface area contributed by atoms with E-state index in [4.69, 9.17) is 4.74 Å². The molecule has 0 atom stereocenters. The number of hydrogen-bond acceptors (Lipinski definition) is 7. The maximum absolute atomic E-state index is 12.1. The van der Waals surface area contributed by atoms with Crippen LogP contribution >= 0.6 is 27.7 Å². The van der Waals surface area contributed by atoms with E-state index in [2.05, 4.69) is 36.7 Å². The number of amides is 1. The number of halogens is 1. The minimum atomic E-state index is -0.305. The number of phenolic OH excluding ortho intramolecular Hbond substituents is 1. The molecule has 2 aromatic carbocycles. The van der Waals surface area contributed by atoms with Crippen molar-refractivity contribution in [2.45, 2.75) is 5.16 Å². The van der Waals surface area contributed by atoms with Crippen LogP contribution in [0.3, 0.4) is 0 Å². The SMILES string of the molecule is COc1cccc(/C=N/NC(=O)CSc2nnc(-c3cccc(Br)c3)n2C)c1O. The lowest BCUT2D eigenvalue weighted by molar-refractivity contribution is -0.118. The number of rotatable bonds is 7. The van der Waals surface area contributed by atoms with Gasteiger partial charge in [-0.1, -0.05) is 45.9 Å². The Labute approximate surface area is 180 Å². The van der Waals surface area contributed by atoms with Crippen LogP contribution in [0.1, 0.15) is 5.56 Å². The van der Waals surface area contributed by atoms with E-state index in [-0.39, 0.29) is 17.4 Å². The second-order valence-electron chi connectivity index (χ2n) is 5.86. The Kier molecular flexibility index (Phi) is 6.89. The molecule has 1 aromatic heterocycles. The standard InChI is InChI=1S/C19H18BrN5O3S/c1-25-18(12-5-3-7-14(20)9-12)23-24-19(25)29-11-16(26)22-21-10-13-6-4-8-15(28-2)17(13)27/h3-10,27H,11H2,1-2H3,(H,22,26)/b21-10+. The summed E-state index contributed by atoms with van der Waals surface area (Å²) >= 11 is 4.69. The van der Waals surface area contributed by atoms with Crippen molar-refractivity contribution < 1.29 is 14.6 Å². The van der Waals surface area contributed by atoms with Crippen molar-refractivity contribution >= 4 is 39.8 Å². The largest absolute Gasteiger partial charge is 0.504 e. The Bertz CT molecular complexity index is 1050. The zero-order valence-electron chi connectivity index (χ0n) is 15.7. The number of carbonyl (C=O) groups is 1. The second-order valence-corrected chi connectivity index (χ2v) is 7.71. The highest BCUT2D eigenvalue weighted by molar-refractivity contribution is 9.10. The highest BCUT2D eigenvalue weighted by Crippen LogP contribution is 2.28. The number of methoxy groups -OCH3 is 1. The summed E-state index contributed by atoms with van der Waals surface area (Å²) in [5, 5.41) is 22.8. The van der Waals surface area contributed by atoms with Gasteiger partial charge in [0.2, 0.25) is 0 Å². The molecule has 0 aliphatic rings. The molecule has 0 aliphatic heterocycles. The third-order valence-corrected chi connectivity index (χ3v) is 5.41. The fraction of sp³-hybridized carbons (Fsp3) is 0.158. The van der Waals surface area contributed by atoms with Gasteiger partial charge in [0.1, 0.15) is 0 Å². The summed E-state index contributed by atoms with van der Waals surface area (Å²) < 4.78 is 7.81. The second kappa shape index (κ2) is 9.57. The molecular weight excluding hydrogens is 458 g/mol. The van der Waals surface area contributed by atoms with Crippen LogP contribution in [-0.4, -0.2) is 44.9 Å². The van der Waals surface area contributed by atoms with Crippen LogP contribution < -0.4 is 10.2 Å². The number of phenols is 1. The van der Waals surface area contributed by atoms with E-state index in [0.717, 1.165) is 10.0 Å². The lowest BCUT2D eigenvalue weighted by Crippen LogP contribution is -2.19. The van der Waals surface area contributed by atoms with Gasteiger partial charge in [0.05, 0.1) is 19.1 Å². The monoisotopic (exact) mass is 475 g/mol. The van der Waals surface area contributed by atoms with Crippen molar-refractivity contribution in [3.8, 4) is 22.9 Å². The zero-order chi connectivity index (χ0) is 20.8. The molecule has 0 saturated heterocycles. The van der Waals surface area contributed by atoms with Crippen molar-refractivity contribution in [3.05, 3.63) is 52.5 Å². The molecule has 0 fully saturated rings. The predicted molar refractivity (Wildman–Crippen MR) is 115 cm³/mol. The third-order valence-electron chi connectivity index (χ3n) is 3.89. The van der Waals surface area contributed by atoms with Gasteiger partial charge < -0.3 is 14.4 Å². The normalized spacial score (nSPS) is 11.0. The van der Waals surface area contributed by atoms with Crippen LogP contribution in [0.5, 0.6) is 11.5 Å². The van der Waals surface area contributed by atoms with Gasteiger partial charge in [0.15, 0.2) is 22.5 Å². The number of aromatic nitrogens is 3. The van der Waals surface area contributed by atoms with Crippen molar-refractivity contribution in [1.82, 2.24) is 20.2 Å². The number of nitrogens with one attached hydrogen (secondary N) is 1. The number of hydrogen-bond donors (Lipinski definition) is 2. The summed E-state index contributed by atoms with van der Waals surface area (Å²) in [6.45, 7) is 0. The van der Waals surface area contributed by atoms with Gasteiger partial charge in [-0.15, -0.1) is 10.2 Å². The van der Waals surface area contributed by atoms with E-state index in [1.54, 1.807) is 18.2 Å². The first-order chi connectivity index (χ1) is 14.0.